The summed E-state index contributed by atoms with van der Waals surface area (Å²) in [5.74, 6) is -0.181. The van der Waals surface area contributed by atoms with Crippen molar-refractivity contribution in [3.63, 3.8) is 0 Å². The second-order valence-electron chi connectivity index (χ2n) is 7.08. The first-order chi connectivity index (χ1) is 14.7. The Balaban J connectivity index is 2.15. The summed E-state index contributed by atoms with van der Waals surface area (Å²) in [5, 5.41) is 14.0. The number of fused-ring (bicyclic) bond motifs is 1. The molecule has 3 aromatic rings. The molecule has 9 heteroatoms. The predicted octanol–water partition coefficient (Wildman–Crippen LogP) is 5.17. The average Bonchev–Trinajstić information content (AvgIpc) is 2.74. The lowest BCUT2D eigenvalue weighted by Gasteiger charge is -2.15. The maximum Gasteiger partial charge on any atom is 0.344 e. The van der Waals surface area contributed by atoms with E-state index in [4.69, 9.17) is 9.84 Å². The first-order valence-corrected chi connectivity index (χ1v) is 11.3. The molecule has 1 heterocycles. The molecule has 0 bridgehead atoms. The monoisotopic (exact) mass is 549 g/mol. The van der Waals surface area contributed by atoms with Crippen molar-refractivity contribution in [3.05, 3.63) is 67.1 Å². The highest BCUT2D eigenvalue weighted by Gasteiger charge is 2.17. The molecule has 1 aromatic heterocycles. The van der Waals surface area contributed by atoms with Crippen molar-refractivity contribution in [1.29, 1.82) is 0 Å². The van der Waals surface area contributed by atoms with Gasteiger partial charge in [-0.15, -0.1) is 0 Å². The van der Waals surface area contributed by atoms with Crippen LogP contribution in [0.15, 0.2) is 55.2 Å². The van der Waals surface area contributed by atoms with E-state index in [-0.39, 0.29) is 11.5 Å². The van der Waals surface area contributed by atoms with Crippen molar-refractivity contribution in [2.75, 3.05) is 0 Å². The highest BCUT2D eigenvalue weighted by Crippen LogP contribution is 2.24. The molecule has 0 unspecified atom stereocenters. The van der Waals surface area contributed by atoms with Gasteiger partial charge < -0.3 is 9.84 Å². The molecule has 0 saturated carbocycles. The molecule has 162 valence electrons. The third-order valence-corrected chi connectivity index (χ3v) is 5.81. The Labute approximate surface area is 196 Å². The lowest BCUT2D eigenvalue weighted by Crippen LogP contribution is -2.24. The van der Waals surface area contributed by atoms with Gasteiger partial charge in [0, 0.05) is 20.4 Å². The molecule has 0 saturated heterocycles. The van der Waals surface area contributed by atoms with E-state index in [0.29, 0.717) is 28.0 Å². The van der Waals surface area contributed by atoms with Crippen molar-refractivity contribution >= 4 is 54.9 Å². The van der Waals surface area contributed by atoms with Gasteiger partial charge >= 0.3 is 5.97 Å². The van der Waals surface area contributed by atoms with Crippen LogP contribution in [-0.4, -0.2) is 33.1 Å². The van der Waals surface area contributed by atoms with Crippen molar-refractivity contribution in [2.45, 2.75) is 39.2 Å². The standard InChI is InChI=1S/C22H21Br2N3O4/c1-4-12(2)20-26-18-7-5-16(24)10-17(18)21(28)27(20)25-11-14-9-15(23)6-8-19(14)31-13(3)22(29)30/h5-13H,4H2,1-3H3,(H,29,30)/t12-,13-/m0/s1. The fraction of sp³-hybridized carbons (Fsp3) is 0.273. The Morgan fingerprint density at radius 3 is 2.58 bits per heavy atom. The number of rotatable bonds is 7. The third kappa shape index (κ3) is 5.22. The summed E-state index contributed by atoms with van der Waals surface area (Å²) in [6.45, 7) is 5.45. The highest BCUT2D eigenvalue weighted by molar-refractivity contribution is 9.10. The van der Waals surface area contributed by atoms with E-state index < -0.39 is 12.1 Å². The summed E-state index contributed by atoms with van der Waals surface area (Å²) in [7, 11) is 0. The highest BCUT2D eigenvalue weighted by atomic mass is 79.9. The molecule has 31 heavy (non-hydrogen) atoms. The summed E-state index contributed by atoms with van der Waals surface area (Å²) in [6.07, 6.45) is 1.23. The van der Waals surface area contributed by atoms with E-state index in [0.717, 1.165) is 15.4 Å². The van der Waals surface area contributed by atoms with Crippen molar-refractivity contribution < 1.29 is 14.6 Å². The molecule has 0 fully saturated rings. The molecule has 0 radical (unpaired) electrons. The Hall–Kier alpha value is -2.52. The molecule has 2 aromatic carbocycles. The normalized spacial score (nSPS) is 13.5. The molecular formula is C22H21Br2N3O4. The molecule has 0 spiro atoms. The van der Waals surface area contributed by atoms with E-state index in [1.165, 1.54) is 17.8 Å². The van der Waals surface area contributed by atoms with Crippen LogP contribution in [0.5, 0.6) is 5.75 Å². The Bertz CT molecular complexity index is 1220. The minimum Gasteiger partial charge on any atom is -0.479 e. The molecule has 1 N–H and O–H groups in total. The van der Waals surface area contributed by atoms with E-state index in [9.17, 15) is 9.59 Å². The number of benzene rings is 2. The van der Waals surface area contributed by atoms with Gasteiger partial charge in [0.2, 0.25) is 0 Å². The van der Waals surface area contributed by atoms with Gasteiger partial charge in [-0.05, 0) is 49.7 Å². The minimum absolute atomic E-state index is 0.00293. The molecule has 7 nitrogen and oxygen atoms in total. The summed E-state index contributed by atoms with van der Waals surface area (Å²) in [4.78, 5) is 29.1. The van der Waals surface area contributed by atoms with Crippen LogP contribution in [0.1, 0.15) is 44.5 Å². The summed E-state index contributed by atoms with van der Waals surface area (Å²) in [5.41, 5.74) is 0.852. The minimum atomic E-state index is -1.08. The number of aliphatic carboxylic acids is 1. The van der Waals surface area contributed by atoms with Crippen molar-refractivity contribution in [1.82, 2.24) is 9.66 Å². The van der Waals surface area contributed by atoms with E-state index in [1.807, 2.05) is 19.9 Å². The number of hydrogen-bond donors (Lipinski definition) is 1. The Morgan fingerprint density at radius 2 is 1.90 bits per heavy atom. The first kappa shape index (κ1) is 23.1. The van der Waals surface area contributed by atoms with E-state index in [1.54, 1.807) is 30.3 Å². The van der Waals surface area contributed by atoms with Gasteiger partial charge in [-0.25, -0.2) is 9.78 Å². The second kappa shape index (κ2) is 9.74. The maximum absolute atomic E-state index is 13.2. The van der Waals surface area contributed by atoms with Crippen LogP contribution >= 0.6 is 31.9 Å². The summed E-state index contributed by atoms with van der Waals surface area (Å²) < 4.78 is 8.38. The number of carbonyl (C=O) groups is 1. The summed E-state index contributed by atoms with van der Waals surface area (Å²) >= 11 is 6.80. The number of hydrogen-bond acceptors (Lipinski definition) is 5. The molecule has 2 atom stereocenters. The number of halogens is 2. The molecule has 3 rings (SSSR count). The lowest BCUT2D eigenvalue weighted by molar-refractivity contribution is -0.144. The number of nitrogens with zero attached hydrogens (tertiary/aromatic N) is 3. The largest absolute Gasteiger partial charge is 0.479 e. The van der Waals surface area contributed by atoms with Crippen LogP contribution in [-0.2, 0) is 4.79 Å². The maximum atomic E-state index is 13.2. The quantitative estimate of drug-likeness (QED) is 0.410. The van der Waals surface area contributed by atoms with Gasteiger partial charge in [0.05, 0.1) is 17.1 Å². The zero-order valence-corrected chi connectivity index (χ0v) is 20.3. The van der Waals surface area contributed by atoms with Crippen LogP contribution in [0.3, 0.4) is 0 Å². The van der Waals surface area contributed by atoms with Gasteiger partial charge in [0.15, 0.2) is 6.10 Å². The lowest BCUT2D eigenvalue weighted by atomic mass is 10.1. The molecule has 0 amide bonds. The van der Waals surface area contributed by atoms with Crippen LogP contribution in [0.4, 0.5) is 0 Å². The molecular weight excluding hydrogens is 530 g/mol. The number of carboxylic acid groups (broad SMARTS) is 1. The van der Waals surface area contributed by atoms with Crippen LogP contribution in [0.2, 0.25) is 0 Å². The Kier molecular flexibility index (Phi) is 7.27. The fourth-order valence-corrected chi connectivity index (χ4v) is 3.61. The number of carboxylic acids is 1. The third-order valence-electron chi connectivity index (χ3n) is 4.82. The average molecular weight is 551 g/mol. The van der Waals surface area contributed by atoms with Crippen LogP contribution in [0.25, 0.3) is 10.9 Å². The predicted molar refractivity (Wildman–Crippen MR) is 127 cm³/mol. The topological polar surface area (TPSA) is 93.8 Å². The Morgan fingerprint density at radius 1 is 1.23 bits per heavy atom. The van der Waals surface area contributed by atoms with Crippen LogP contribution < -0.4 is 10.3 Å². The zero-order chi connectivity index (χ0) is 22.7. The SMILES string of the molecule is CC[C@H](C)c1nc2ccc(Br)cc2c(=O)n1N=Cc1cc(Br)ccc1O[C@@H](C)C(=O)O. The molecule has 0 aliphatic carbocycles. The van der Waals surface area contributed by atoms with Gasteiger partial charge in [-0.1, -0.05) is 45.7 Å². The van der Waals surface area contributed by atoms with Gasteiger partial charge in [-0.2, -0.15) is 9.78 Å². The number of ether oxygens (including phenoxy) is 1. The molecule has 0 aliphatic heterocycles. The van der Waals surface area contributed by atoms with Gasteiger partial charge in [0.25, 0.3) is 5.56 Å². The fourth-order valence-electron chi connectivity index (χ4n) is 2.87. The first-order valence-electron chi connectivity index (χ1n) is 9.66. The van der Waals surface area contributed by atoms with Crippen molar-refractivity contribution in [3.8, 4) is 5.75 Å². The van der Waals surface area contributed by atoms with Gasteiger partial charge in [0.1, 0.15) is 11.6 Å². The number of aromatic nitrogens is 2. The second-order valence-corrected chi connectivity index (χ2v) is 8.91. The van der Waals surface area contributed by atoms with E-state index in [2.05, 4.69) is 41.9 Å². The molecule has 0 aliphatic rings. The summed E-state index contributed by atoms with van der Waals surface area (Å²) in [6, 6.07) is 10.5. The smallest absolute Gasteiger partial charge is 0.344 e. The van der Waals surface area contributed by atoms with E-state index >= 15 is 0 Å². The van der Waals surface area contributed by atoms with Crippen molar-refractivity contribution in [2.24, 2.45) is 5.10 Å². The van der Waals surface area contributed by atoms with Crippen LogP contribution in [0, 0.1) is 0 Å². The zero-order valence-electron chi connectivity index (χ0n) is 17.2. The van der Waals surface area contributed by atoms with Gasteiger partial charge in [-0.3, -0.25) is 4.79 Å².